The van der Waals surface area contributed by atoms with Crippen LogP contribution in [-0.2, 0) is 0 Å². The SMILES string of the molecule is FC1=C(F)C(F)c2c(F)c(F)c(F)c3c(F)c(F)c(F)c1c23. The van der Waals surface area contributed by atoms with Crippen LogP contribution >= 0.6 is 0 Å². The Morgan fingerprint density at radius 3 is 1.59 bits per heavy atom. The summed E-state index contributed by atoms with van der Waals surface area (Å²) < 4.78 is 122. The molecule has 0 heterocycles. The van der Waals surface area contributed by atoms with E-state index in [1.807, 2.05) is 0 Å². The Hall–Kier alpha value is -2.19. The average Bonchev–Trinajstić information content (AvgIpc) is 2.48. The highest BCUT2D eigenvalue weighted by Gasteiger charge is 2.40. The lowest BCUT2D eigenvalue weighted by molar-refractivity contribution is 0.314. The van der Waals surface area contributed by atoms with Crippen molar-refractivity contribution in [3.63, 3.8) is 0 Å². The molecule has 0 saturated heterocycles. The Balaban J connectivity index is 2.74. The molecule has 0 nitrogen and oxygen atoms in total. The third kappa shape index (κ3) is 1.51. The van der Waals surface area contributed by atoms with Gasteiger partial charge in [-0.1, -0.05) is 0 Å². The summed E-state index contributed by atoms with van der Waals surface area (Å²) in [6.45, 7) is 0. The average molecular weight is 328 g/mol. The predicted molar refractivity (Wildman–Crippen MR) is 56.7 cm³/mol. The van der Waals surface area contributed by atoms with Gasteiger partial charge >= 0.3 is 0 Å². The number of halogens is 9. The van der Waals surface area contributed by atoms with Crippen LogP contribution in [0.25, 0.3) is 16.6 Å². The van der Waals surface area contributed by atoms with Gasteiger partial charge in [0.25, 0.3) is 0 Å². The van der Waals surface area contributed by atoms with Crippen molar-refractivity contribution in [3.8, 4) is 0 Å². The van der Waals surface area contributed by atoms with Gasteiger partial charge in [-0.25, -0.2) is 39.5 Å². The van der Waals surface area contributed by atoms with Crippen LogP contribution in [0.5, 0.6) is 0 Å². The minimum Gasteiger partial charge on any atom is -0.234 e. The van der Waals surface area contributed by atoms with Crippen molar-refractivity contribution in [2.45, 2.75) is 6.17 Å². The van der Waals surface area contributed by atoms with Crippen LogP contribution < -0.4 is 0 Å². The molecular formula is C13HF9. The molecule has 0 radical (unpaired) electrons. The van der Waals surface area contributed by atoms with Gasteiger partial charge in [0.2, 0.25) is 0 Å². The fourth-order valence-corrected chi connectivity index (χ4v) is 2.37. The van der Waals surface area contributed by atoms with Crippen molar-refractivity contribution in [1.82, 2.24) is 0 Å². The van der Waals surface area contributed by atoms with Crippen LogP contribution in [0.2, 0.25) is 0 Å². The zero-order valence-electron chi connectivity index (χ0n) is 9.98. The Bertz CT molecular complexity index is 873. The molecule has 2 aromatic carbocycles. The maximum Gasteiger partial charge on any atom is 0.195 e. The van der Waals surface area contributed by atoms with Crippen molar-refractivity contribution in [2.75, 3.05) is 0 Å². The first-order valence-electron chi connectivity index (χ1n) is 5.56. The third-order valence-electron chi connectivity index (χ3n) is 3.34. The summed E-state index contributed by atoms with van der Waals surface area (Å²) >= 11 is 0. The molecule has 0 N–H and O–H groups in total. The summed E-state index contributed by atoms with van der Waals surface area (Å²) in [5.74, 6) is -18.7. The molecule has 3 rings (SSSR count). The van der Waals surface area contributed by atoms with E-state index in [9.17, 15) is 39.5 Å². The van der Waals surface area contributed by atoms with Crippen LogP contribution in [0.3, 0.4) is 0 Å². The molecule has 1 atom stereocenters. The van der Waals surface area contributed by atoms with Crippen LogP contribution in [0, 0.1) is 34.9 Å². The molecule has 2 aromatic rings. The molecule has 0 aromatic heterocycles. The Kier molecular flexibility index (Phi) is 2.95. The molecule has 116 valence electrons. The highest BCUT2D eigenvalue weighted by atomic mass is 19.2. The van der Waals surface area contributed by atoms with Gasteiger partial charge in [-0.3, -0.25) is 0 Å². The van der Waals surface area contributed by atoms with Gasteiger partial charge < -0.3 is 0 Å². The van der Waals surface area contributed by atoms with E-state index in [1.54, 1.807) is 0 Å². The number of hydrogen-bond acceptors (Lipinski definition) is 0. The first-order chi connectivity index (χ1) is 10.2. The molecule has 1 aliphatic carbocycles. The van der Waals surface area contributed by atoms with E-state index in [4.69, 9.17) is 0 Å². The molecule has 0 bridgehead atoms. The van der Waals surface area contributed by atoms with Crippen molar-refractivity contribution < 1.29 is 39.5 Å². The van der Waals surface area contributed by atoms with Gasteiger partial charge in [0.05, 0.1) is 10.9 Å². The molecule has 0 fully saturated rings. The van der Waals surface area contributed by atoms with Gasteiger partial charge in [-0.05, 0) is 0 Å². The number of allylic oxidation sites excluding steroid dienone is 1. The second kappa shape index (κ2) is 4.40. The van der Waals surface area contributed by atoms with Gasteiger partial charge in [0.1, 0.15) is 0 Å². The molecule has 1 aliphatic rings. The van der Waals surface area contributed by atoms with E-state index >= 15 is 0 Å². The fraction of sp³-hybridized carbons (Fsp3) is 0.0769. The largest absolute Gasteiger partial charge is 0.234 e. The molecule has 0 saturated carbocycles. The van der Waals surface area contributed by atoms with Crippen molar-refractivity contribution in [3.05, 3.63) is 51.9 Å². The maximum atomic E-state index is 13.7. The van der Waals surface area contributed by atoms with Gasteiger partial charge in [-0.15, -0.1) is 0 Å². The maximum absolute atomic E-state index is 13.7. The Morgan fingerprint density at radius 1 is 0.545 bits per heavy atom. The molecule has 9 heteroatoms. The fourth-order valence-electron chi connectivity index (χ4n) is 2.37. The lowest BCUT2D eigenvalue weighted by Gasteiger charge is -2.21. The summed E-state index contributed by atoms with van der Waals surface area (Å²) in [5, 5.41) is -3.13. The number of rotatable bonds is 0. The normalized spacial score (nSPS) is 17.6. The molecule has 22 heavy (non-hydrogen) atoms. The van der Waals surface area contributed by atoms with Crippen molar-refractivity contribution >= 4 is 16.6 Å². The number of benzene rings is 2. The van der Waals surface area contributed by atoms with Crippen molar-refractivity contribution in [1.29, 1.82) is 0 Å². The Labute approximate surface area is 115 Å². The minimum absolute atomic E-state index is 1.43. The first-order valence-corrected chi connectivity index (χ1v) is 5.56. The molecule has 1 unspecified atom stereocenters. The third-order valence-corrected chi connectivity index (χ3v) is 3.34. The molecular weight excluding hydrogens is 327 g/mol. The van der Waals surface area contributed by atoms with Gasteiger partial charge in [-0.2, -0.15) is 0 Å². The van der Waals surface area contributed by atoms with Crippen LogP contribution in [0.1, 0.15) is 17.3 Å². The van der Waals surface area contributed by atoms with E-state index in [0.717, 1.165) is 0 Å². The van der Waals surface area contributed by atoms with Crippen LogP contribution in [-0.4, -0.2) is 0 Å². The highest BCUT2D eigenvalue weighted by Crippen LogP contribution is 2.49. The lowest BCUT2D eigenvalue weighted by atomic mass is 9.88. The molecule has 0 amide bonds. The second-order valence-electron chi connectivity index (χ2n) is 4.45. The van der Waals surface area contributed by atoms with E-state index in [-0.39, 0.29) is 0 Å². The zero-order valence-corrected chi connectivity index (χ0v) is 9.98. The first kappa shape index (κ1) is 14.7. The molecule has 0 spiro atoms. The lowest BCUT2D eigenvalue weighted by Crippen LogP contribution is -2.14. The predicted octanol–water partition coefficient (Wildman–Crippen LogP) is 5.31. The minimum atomic E-state index is -3.26. The monoisotopic (exact) mass is 328 g/mol. The summed E-state index contributed by atoms with van der Waals surface area (Å²) in [6, 6.07) is 0. The summed E-state index contributed by atoms with van der Waals surface area (Å²) in [4.78, 5) is 0. The number of hydrogen-bond donors (Lipinski definition) is 0. The zero-order chi connectivity index (χ0) is 16.5. The second-order valence-corrected chi connectivity index (χ2v) is 4.45. The van der Waals surface area contributed by atoms with Crippen LogP contribution in [0.15, 0.2) is 5.83 Å². The van der Waals surface area contributed by atoms with E-state index in [2.05, 4.69) is 0 Å². The summed E-state index contributed by atoms with van der Waals surface area (Å²) in [7, 11) is 0. The van der Waals surface area contributed by atoms with E-state index in [1.165, 1.54) is 0 Å². The smallest absolute Gasteiger partial charge is 0.195 e. The number of alkyl halides is 1. The van der Waals surface area contributed by atoms with Crippen molar-refractivity contribution in [2.24, 2.45) is 0 Å². The summed E-state index contributed by atoms with van der Waals surface area (Å²) in [6.07, 6.45) is -3.26. The van der Waals surface area contributed by atoms with Crippen LogP contribution in [0.4, 0.5) is 39.5 Å². The quantitative estimate of drug-likeness (QED) is 0.454. The Morgan fingerprint density at radius 2 is 1.05 bits per heavy atom. The van der Waals surface area contributed by atoms with E-state index in [0.29, 0.717) is 0 Å². The summed E-state index contributed by atoms with van der Waals surface area (Å²) in [5.41, 5.74) is -3.34. The van der Waals surface area contributed by atoms with Gasteiger partial charge in [0.15, 0.2) is 52.7 Å². The topological polar surface area (TPSA) is 0 Å². The van der Waals surface area contributed by atoms with E-state index < -0.39 is 74.6 Å². The highest BCUT2D eigenvalue weighted by molar-refractivity contribution is 5.99. The molecule has 0 aliphatic heterocycles. The van der Waals surface area contributed by atoms with Gasteiger partial charge in [0, 0.05) is 10.9 Å². The standard InChI is InChI=1S/C13HF9/c14-5-2-1-3(7(16)11(5)20)9(18)13(22)10(19)4(1)8(17)12(21)6(2)15/h5H.